The van der Waals surface area contributed by atoms with Crippen molar-refractivity contribution in [2.45, 2.75) is 26.3 Å². The lowest BCUT2D eigenvalue weighted by molar-refractivity contribution is -0.150. The number of thiophene rings is 1. The van der Waals surface area contributed by atoms with Gasteiger partial charge in [-0.3, -0.25) is 9.69 Å². The van der Waals surface area contributed by atoms with E-state index >= 15 is 0 Å². The first-order valence-electron chi connectivity index (χ1n) is 6.21. The Bertz CT molecular complexity index is 350. The van der Waals surface area contributed by atoms with Crippen molar-refractivity contribution in [3.05, 3.63) is 22.4 Å². The van der Waals surface area contributed by atoms with Gasteiger partial charge in [-0.05, 0) is 37.8 Å². The zero-order valence-electron chi connectivity index (χ0n) is 10.2. The summed E-state index contributed by atoms with van der Waals surface area (Å²) in [6.45, 7) is 5.25. The standard InChI is InChI=1S/C13H19NO2S/c1-2-16-13(15)11-5-3-7-14(9-11)10-12-6-4-8-17-12/h4,6,8,11H,2-3,5,7,9-10H2,1H3/t11-/m1/s1. The molecular formula is C13H19NO2S. The van der Waals surface area contributed by atoms with Crippen LogP contribution in [0.2, 0.25) is 0 Å². The average molecular weight is 253 g/mol. The van der Waals surface area contributed by atoms with Crippen molar-refractivity contribution in [1.82, 2.24) is 4.90 Å². The zero-order chi connectivity index (χ0) is 12.1. The molecular weight excluding hydrogens is 234 g/mol. The van der Waals surface area contributed by atoms with Crippen LogP contribution in [-0.2, 0) is 16.1 Å². The number of hydrogen-bond donors (Lipinski definition) is 0. The number of likely N-dealkylation sites (tertiary alicyclic amines) is 1. The Kier molecular flexibility index (Phi) is 4.57. The Balaban J connectivity index is 1.86. The van der Waals surface area contributed by atoms with E-state index in [9.17, 15) is 4.79 Å². The molecule has 0 bridgehead atoms. The van der Waals surface area contributed by atoms with E-state index in [-0.39, 0.29) is 11.9 Å². The molecule has 1 aromatic rings. The van der Waals surface area contributed by atoms with E-state index in [1.165, 1.54) is 4.88 Å². The van der Waals surface area contributed by atoms with Crippen molar-refractivity contribution in [3.63, 3.8) is 0 Å². The topological polar surface area (TPSA) is 29.5 Å². The highest BCUT2D eigenvalue weighted by molar-refractivity contribution is 7.09. The van der Waals surface area contributed by atoms with Crippen LogP contribution in [0.1, 0.15) is 24.6 Å². The van der Waals surface area contributed by atoms with E-state index < -0.39 is 0 Å². The molecule has 1 aromatic heterocycles. The molecule has 0 radical (unpaired) electrons. The normalized spacial score (nSPS) is 21.4. The zero-order valence-corrected chi connectivity index (χ0v) is 11.0. The molecule has 0 unspecified atom stereocenters. The average Bonchev–Trinajstić information content (AvgIpc) is 2.82. The summed E-state index contributed by atoms with van der Waals surface area (Å²) in [6.07, 6.45) is 2.06. The third-order valence-corrected chi connectivity index (χ3v) is 3.95. The molecule has 1 saturated heterocycles. The van der Waals surface area contributed by atoms with E-state index in [1.54, 1.807) is 11.3 Å². The van der Waals surface area contributed by atoms with Crippen LogP contribution >= 0.6 is 11.3 Å². The molecule has 1 atom stereocenters. The summed E-state index contributed by atoms with van der Waals surface area (Å²) >= 11 is 1.78. The molecule has 1 aliphatic rings. The third kappa shape index (κ3) is 3.54. The maximum absolute atomic E-state index is 11.7. The molecule has 1 aliphatic heterocycles. The second-order valence-corrected chi connectivity index (χ2v) is 5.44. The van der Waals surface area contributed by atoms with Crippen molar-refractivity contribution in [2.24, 2.45) is 5.92 Å². The molecule has 0 aromatic carbocycles. The van der Waals surface area contributed by atoms with Crippen molar-refractivity contribution < 1.29 is 9.53 Å². The lowest BCUT2D eigenvalue weighted by Crippen LogP contribution is -2.38. The highest BCUT2D eigenvalue weighted by Crippen LogP contribution is 2.21. The maximum atomic E-state index is 11.7. The Morgan fingerprint density at radius 1 is 1.65 bits per heavy atom. The molecule has 3 nitrogen and oxygen atoms in total. The molecule has 0 amide bonds. The Morgan fingerprint density at radius 2 is 2.53 bits per heavy atom. The highest BCUT2D eigenvalue weighted by atomic mass is 32.1. The largest absolute Gasteiger partial charge is 0.466 e. The van der Waals surface area contributed by atoms with Crippen molar-refractivity contribution in [3.8, 4) is 0 Å². The lowest BCUT2D eigenvalue weighted by atomic mass is 9.98. The van der Waals surface area contributed by atoms with Crippen LogP contribution in [-0.4, -0.2) is 30.6 Å². The van der Waals surface area contributed by atoms with Gasteiger partial charge in [0.25, 0.3) is 0 Å². The van der Waals surface area contributed by atoms with Gasteiger partial charge in [0.1, 0.15) is 0 Å². The first-order chi connectivity index (χ1) is 8.29. The number of esters is 1. The molecule has 4 heteroatoms. The van der Waals surface area contributed by atoms with Crippen LogP contribution < -0.4 is 0 Å². The minimum absolute atomic E-state index is 0.0246. The fraction of sp³-hybridized carbons (Fsp3) is 0.615. The number of carbonyl (C=O) groups excluding carboxylic acids is 1. The smallest absolute Gasteiger partial charge is 0.310 e. The summed E-state index contributed by atoms with van der Waals surface area (Å²) < 4.78 is 5.10. The number of piperidine rings is 1. The van der Waals surface area contributed by atoms with Gasteiger partial charge in [-0.1, -0.05) is 6.07 Å². The molecule has 0 N–H and O–H groups in total. The monoisotopic (exact) mass is 253 g/mol. The number of rotatable bonds is 4. The maximum Gasteiger partial charge on any atom is 0.310 e. The number of ether oxygens (including phenoxy) is 1. The van der Waals surface area contributed by atoms with Gasteiger partial charge in [0.05, 0.1) is 12.5 Å². The van der Waals surface area contributed by atoms with E-state index in [2.05, 4.69) is 22.4 Å². The van der Waals surface area contributed by atoms with Gasteiger partial charge in [-0.15, -0.1) is 11.3 Å². The van der Waals surface area contributed by atoms with E-state index in [0.717, 1.165) is 32.5 Å². The fourth-order valence-electron chi connectivity index (χ4n) is 2.27. The molecule has 17 heavy (non-hydrogen) atoms. The van der Waals surface area contributed by atoms with E-state index in [1.807, 2.05) is 6.92 Å². The Labute approximate surface area is 106 Å². The van der Waals surface area contributed by atoms with Gasteiger partial charge in [0, 0.05) is 18.0 Å². The van der Waals surface area contributed by atoms with Gasteiger partial charge < -0.3 is 4.74 Å². The lowest BCUT2D eigenvalue weighted by Gasteiger charge is -2.31. The third-order valence-electron chi connectivity index (χ3n) is 3.08. The predicted molar refractivity (Wildman–Crippen MR) is 69.0 cm³/mol. The molecule has 0 aliphatic carbocycles. The first-order valence-corrected chi connectivity index (χ1v) is 7.09. The first kappa shape index (κ1) is 12.6. The van der Waals surface area contributed by atoms with Gasteiger partial charge >= 0.3 is 5.97 Å². The van der Waals surface area contributed by atoms with Crippen LogP contribution in [0.15, 0.2) is 17.5 Å². The summed E-state index contributed by atoms with van der Waals surface area (Å²) in [4.78, 5) is 15.4. The second-order valence-electron chi connectivity index (χ2n) is 4.41. The van der Waals surface area contributed by atoms with Gasteiger partial charge in [-0.2, -0.15) is 0 Å². The fourth-order valence-corrected chi connectivity index (χ4v) is 3.02. The van der Waals surface area contributed by atoms with Crippen LogP contribution in [0.3, 0.4) is 0 Å². The summed E-state index contributed by atoms with van der Waals surface area (Å²) in [5.74, 6) is 0.0482. The van der Waals surface area contributed by atoms with Crippen molar-refractivity contribution in [2.75, 3.05) is 19.7 Å². The van der Waals surface area contributed by atoms with Crippen LogP contribution in [0.25, 0.3) is 0 Å². The summed E-state index contributed by atoms with van der Waals surface area (Å²) in [6, 6.07) is 4.23. The predicted octanol–water partition coefficient (Wildman–Crippen LogP) is 2.52. The van der Waals surface area contributed by atoms with E-state index in [0.29, 0.717) is 6.61 Å². The summed E-state index contributed by atoms with van der Waals surface area (Å²) in [7, 11) is 0. The second kappa shape index (κ2) is 6.17. The van der Waals surface area contributed by atoms with Gasteiger partial charge in [-0.25, -0.2) is 0 Å². The van der Waals surface area contributed by atoms with Crippen LogP contribution in [0.5, 0.6) is 0 Å². The molecule has 0 saturated carbocycles. The molecule has 0 spiro atoms. The minimum atomic E-state index is -0.0246. The summed E-state index contributed by atoms with van der Waals surface area (Å²) in [5, 5.41) is 2.10. The van der Waals surface area contributed by atoms with Gasteiger partial charge in [0.2, 0.25) is 0 Å². The quantitative estimate of drug-likeness (QED) is 0.772. The molecule has 1 fully saturated rings. The Morgan fingerprint density at radius 3 is 3.24 bits per heavy atom. The number of nitrogens with zero attached hydrogens (tertiary/aromatic N) is 1. The Hall–Kier alpha value is -0.870. The van der Waals surface area contributed by atoms with Crippen molar-refractivity contribution in [1.29, 1.82) is 0 Å². The molecule has 2 rings (SSSR count). The van der Waals surface area contributed by atoms with Crippen molar-refractivity contribution >= 4 is 17.3 Å². The van der Waals surface area contributed by atoms with Crippen LogP contribution in [0, 0.1) is 5.92 Å². The van der Waals surface area contributed by atoms with Crippen LogP contribution in [0.4, 0.5) is 0 Å². The number of hydrogen-bond acceptors (Lipinski definition) is 4. The number of carbonyl (C=O) groups is 1. The molecule has 94 valence electrons. The molecule has 2 heterocycles. The van der Waals surface area contributed by atoms with E-state index in [4.69, 9.17) is 4.74 Å². The minimum Gasteiger partial charge on any atom is -0.466 e. The highest BCUT2D eigenvalue weighted by Gasteiger charge is 2.26. The van der Waals surface area contributed by atoms with Gasteiger partial charge in [0.15, 0.2) is 0 Å². The SMILES string of the molecule is CCOC(=O)[C@@H]1CCCN(Cc2cccs2)C1. The summed E-state index contributed by atoms with van der Waals surface area (Å²) in [5.41, 5.74) is 0.